The zero-order valence-corrected chi connectivity index (χ0v) is 18.0. The topological polar surface area (TPSA) is 52.7 Å². The van der Waals surface area contributed by atoms with Crippen molar-refractivity contribution in [2.45, 2.75) is 6.42 Å². The van der Waals surface area contributed by atoms with E-state index in [-0.39, 0.29) is 18.1 Å². The summed E-state index contributed by atoms with van der Waals surface area (Å²) in [7, 11) is 0. The summed E-state index contributed by atoms with van der Waals surface area (Å²) < 4.78 is 26.8. The molecule has 4 rings (SSSR count). The summed E-state index contributed by atoms with van der Waals surface area (Å²) in [5, 5.41) is 4.54. The summed E-state index contributed by atoms with van der Waals surface area (Å²) in [6.45, 7) is 2.18. The van der Waals surface area contributed by atoms with Crippen molar-refractivity contribution in [1.29, 1.82) is 0 Å². The molecule has 1 heterocycles. The second-order valence-electron chi connectivity index (χ2n) is 7.87. The van der Waals surface area contributed by atoms with Crippen LogP contribution >= 0.6 is 0 Å². The number of nitrogens with one attached hydrogen (secondary N) is 1. The standard InChI is InChI=1S/C26H23F2N3O2/c27-21-10-11-24(23(28)17-21)29-25(32)18-30-13-4-14-31(16-15-30)26(33)12-9-20-7-3-6-19-5-1-2-8-22(19)20/h1-3,5-8,10-11,17H,4,13-16,18H2,(H,29,32). The fourth-order valence-corrected chi connectivity index (χ4v) is 3.85. The van der Waals surface area contributed by atoms with Crippen LogP contribution in [0.4, 0.5) is 14.5 Å². The van der Waals surface area contributed by atoms with E-state index in [9.17, 15) is 18.4 Å². The molecular formula is C26H23F2N3O2. The van der Waals surface area contributed by atoms with Crippen molar-refractivity contribution in [2.75, 3.05) is 38.0 Å². The van der Waals surface area contributed by atoms with Gasteiger partial charge in [0, 0.05) is 43.7 Å². The highest BCUT2D eigenvalue weighted by molar-refractivity contribution is 5.96. The van der Waals surface area contributed by atoms with Crippen molar-refractivity contribution in [3.8, 4) is 11.8 Å². The van der Waals surface area contributed by atoms with Crippen LogP contribution in [0.15, 0.2) is 60.7 Å². The Morgan fingerprint density at radius 2 is 1.76 bits per heavy atom. The first-order valence-corrected chi connectivity index (χ1v) is 10.8. The second kappa shape index (κ2) is 10.2. The van der Waals surface area contributed by atoms with E-state index >= 15 is 0 Å². The first-order chi connectivity index (χ1) is 16.0. The molecule has 0 aliphatic carbocycles. The molecular weight excluding hydrogens is 424 g/mol. The predicted octanol–water partition coefficient (Wildman–Crippen LogP) is 3.64. The molecule has 0 spiro atoms. The van der Waals surface area contributed by atoms with Crippen LogP contribution in [0.3, 0.4) is 0 Å². The molecule has 3 aromatic rings. The Balaban J connectivity index is 1.34. The zero-order valence-electron chi connectivity index (χ0n) is 18.0. The molecule has 1 saturated heterocycles. The Bertz CT molecular complexity index is 1240. The number of nitrogens with zero attached hydrogens (tertiary/aromatic N) is 2. The van der Waals surface area contributed by atoms with Gasteiger partial charge >= 0.3 is 0 Å². The van der Waals surface area contributed by atoms with Crippen molar-refractivity contribution < 1.29 is 18.4 Å². The number of hydrogen-bond acceptors (Lipinski definition) is 3. The second-order valence-corrected chi connectivity index (χ2v) is 7.87. The van der Waals surface area contributed by atoms with E-state index in [1.807, 2.05) is 47.4 Å². The van der Waals surface area contributed by atoms with Gasteiger partial charge in [-0.15, -0.1) is 0 Å². The summed E-state index contributed by atoms with van der Waals surface area (Å²) in [5.74, 6) is 3.60. The first kappa shape index (κ1) is 22.4. The van der Waals surface area contributed by atoms with Gasteiger partial charge in [-0.3, -0.25) is 14.5 Å². The lowest BCUT2D eigenvalue weighted by atomic mass is 10.1. The minimum atomic E-state index is -0.819. The van der Waals surface area contributed by atoms with Gasteiger partial charge in [-0.2, -0.15) is 0 Å². The summed E-state index contributed by atoms with van der Waals surface area (Å²) >= 11 is 0. The van der Waals surface area contributed by atoms with E-state index in [0.717, 1.165) is 28.5 Å². The third-order valence-electron chi connectivity index (χ3n) is 5.54. The summed E-state index contributed by atoms with van der Waals surface area (Å²) in [5.41, 5.74) is 0.749. The summed E-state index contributed by atoms with van der Waals surface area (Å²) in [6.07, 6.45) is 0.694. The number of halogens is 2. The molecule has 2 amide bonds. The lowest BCUT2D eigenvalue weighted by molar-refractivity contribution is -0.124. The molecule has 168 valence electrons. The number of rotatable bonds is 3. The van der Waals surface area contributed by atoms with Crippen LogP contribution < -0.4 is 5.32 Å². The lowest BCUT2D eigenvalue weighted by Crippen LogP contribution is -2.37. The molecule has 0 saturated carbocycles. The van der Waals surface area contributed by atoms with Crippen LogP contribution in [0, 0.1) is 23.5 Å². The lowest BCUT2D eigenvalue weighted by Gasteiger charge is -2.20. The van der Waals surface area contributed by atoms with Gasteiger partial charge in [-0.1, -0.05) is 42.3 Å². The monoisotopic (exact) mass is 447 g/mol. The average molecular weight is 447 g/mol. The van der Waals surface area contributed by atoms with Gasteiger partial charge in [-0.25, -0.2) is 8.78 Å². The normalized spacial score (nSPS) is 14.3. The van der Waals surface area contributed by atoms with Gasteiger partial charge in [0.25, 0.3) is 5.91 Å². The smallest absolute Gasteiger partial charge is 0.298 e. The highest BCUT2D eigenvalue weighted by Crippen LogP contribution is 2.18. The minimum absolute atomic E-state index is 0.0561. The molecule has 5 nitrogen and oxygen atoms in total. The quantitative estimate of drug-likeness (QED) is 0.624. The van der Waals surface area contributed by atoms with Crippen LogP contribution in [-0.2, 0) is 9.59 Å². The van der Waals surface area contributed by atoms with E-state index in [2.05, 4.69) is 17.2 Å². The van der Waals surface area contributed by atoms with E-state index in [4.69, 9.17) is 0 Å². The maximum absolute atomic E-state index is 13.8. The highest BCUT2D eigenvalue weighted by Gasteiger charge is 2.20. The molecule has 1 aliphatic rings. The van der Waals surface area contributed by atoms with Gasteiger partial charge in [0.15, 0.2) is 0 Å². The Morgan fingerprint density at radius 1 is 0.939 bits per heavy atom. The predicted molar refractivity (Wildman–Crippen MR) is 123 cm³/mol. The number of anilines is 1. The molecule has 1 aliphatic heterocycles. The van der Waals surface area contributed by atoms with Crippen LogP contribution in [-0.4, -0.2) is 54.3 Å². The van der Waals surface area contributed by atoms with Crippen LogP contribution in [0.5, 0.6) is 0 Å². The van der Waals surface area contributed by atoms with Crippen molar-refractivity contribution in [2.24, 2.45) is 0 Å². The number of carbonyl (C=O) groups excluding carboxylic acids is 2. The Labute approximate surface area is 191 Å². The van der Waals surface area contributed by atoms with E-state index < -0.39 is 17.5 Å². The van der Waals surface area contributed by atoms with Crippen LogP contribution in [0.25, 0.3) is 10.8 Å². The van der Waals surface area contributed by atoms with Gasteiger partial charge in [0.2, 0.25) is 5.91 Å². The fourth-order valence-electron chi connectivity index (χ4n) is 3.85. The third-order valence-corrected chi connectivity index (χ3v) is 5.54. The SMILES string of the molecule is O=C(CN1CCCN(C(=O)C#Cc2cccc3ccccc23)CC1)Nc1ccc(F)cc1F. The Hall–Kier alpha value is -3.76. The highest BCUT2D eigenvalue weighted by atomic mass is 19.1. The summed E-state index contributed by atoms with van der Waals surface area (Å²) in [6, 6.07) is 16.7. The van der Waals surface area contributed by atoms with Gasteiger partial charge < -0.3 is 10.2 Å². The van der Waals surface area contributed by atoms with Crippen LogP contribution in [0.2, 0.25) is 0 Å². The largest absolute Gasteiger partial charge is 0.331 e. The van der Waals surface area contributed by atoms with Gasteiger partial charge in [-0.05, 0) is 35.4 Å². The third kappa shape index (κ3) is 5.73. The number of hydrogen-bond donors (Lipinski definition) is 1. The molecule has 33 heavy (non-hydrogen) atoms. The van der Waals surface area contributed by atoms with E-state index in [0.29, 0.717) is 32.6 Å². The molecule has 0 aromatic heterocycles. The van der Waals surface area contributed by atoms with E-state index in [1.54, 1.807) is 4.90 Å². The molecule has 1 N–H and O–H groups in total. The van der Waals surface area contributed by atoms with Gasteiger partial charge in [0.1, 0.15) is 11.6 Å². The number of amides is 2. The molecule has 0 atom stereocenters. The molecule has 1 fully saturated rings. The van der Waals surface area contributed by atoms with Crippen molar-refractivity contribution in [3.63, 3.8) is 0 Å². The molecule has 7 heteroatoms. The number of fused-ring (bicyclic) bond motifs is 1. The fraction of sp³-hybridized carbons (Fsp3) is 0.231. The van der Waals surface area contributed by atoms with Gasteiger partial charge in [0.05, 0.1) is 12.2 Å². The molecule has 0 radical (unpaired) electrons. The van der Waals surface area contributed by atoms with Crippen molar-refractivity contribution in [1.82, 2.24) is 9.80 Å². The minimum Gasteiger partial charge on any atom is -0.331 e. The maximum atomic E-state index is 13.8. The maximum Gasteiger partial charge on any atom is 0.298 e. The van der Waals surface area contributed by atoms with Crippen molar-refractivity contribution in [3.05, 3.63) is 77.9 Å². The zero-order chi connectivity index (χ0) is 23.2. The Morgan fingerprint density at radius 3 is 2.61 bits per heavy atom. The molecule has 0 bridgehead atoms. The number of benzene rings is 3. The van der Waals surface area contributed by atoms with E-state index in [1.165, 1.54) is 6.07 Å². The average Bonchev–Trinajstić information content (AvgIpc) is 3.05. The molecule has 3 aromatic carbocycles. The summed E-state index contributed by atoms with van der Waals surface area (Å²) in [4.78, 5) is 28.6. The molecule has 0 unspecified atom stereocenters. The van der Waals surface area contributed by atoms with Crippen LogP contribution in [0.1, 0.15) is 12.0 Å². The first-order valence-electron chi connectivity index (χ1n) is 10.8. The number of carbonyl (C=O) groups is 2. The Kier molecular flexibility index (Phi) is 6.96. The van der Waals surface area contributed by atoms with Crippen molar-refractivity contribution >= 4 is 28.3 Å².